The molecule has 8 heteroatoms. The molecule has 3 rings (SSSR count). The summed E-state index contributed by atoms with van der Waals surface area (Å²) in [6.45, 7) is 3.42. The maximum atomic E-state index is 12.5. The summed E-state index contributed by atoms with van der Waals surface area (Å²) in [5, 5.41) is 3.66. The van der Waals surface area contributed by atoms with E-state index >= 15 is 0 Å². The highest BCUT2D eigenvalue weighted by Crippen LogP contribution is 2.22. The van der Waals surface area contributed by atoms with Crippen molar-refractivity contribution in [3.63, 3.8) is 0 Å². The minimum absolute atomic E-state index is 0.176. The van der Waals surface area contributed by atoms with Crippen molar-refractivity contribution < 1.29 is 19.1 Å². The lowest BCUT2D eigenvalue weighted by Crippen LogP contribution is -2.56. The van der Waals surface area contributed by atoms with Crippen LogP contribution in [0.2, 0.25) is 0 Å². The van der Waals surface area contributed by atoms with Crippen molar-refractivity contribution in [2.45, 2.75) is 32.2 Å². The number of para-hydroxylation sites is 1. The Morgan fingerprint density at radius 2 is 1.71 bits per heavy atom. The molecule has 0 aliphatic carbocycles. The molecule has 0 saturated heterocycles. The number of hydrogen-bond donors (Lipinski definition) is 4. The molecule has 2 aromatic carbocycles. The number of urea groups is 1. The summed E-state index contributed by atoms with van der Waals surface area (Å²) in [7, 11) is 0. The Morgan fingerprint density at radius 3 is 2.45 bits per heavy atom. The smallest absolute Gasteiger partial charge is 0.336 e. The predicted octanol–water partition coefficient (Wildman–Crippen LogP) is 2.91. The van der Waals surface area contributed by atoms with Gasteiger partial charge in [-0.1, -0.05) is 48.5 Å². The van der Waals surface area contributed by atoms with Crippen LogP contribution in [0.25, 0.3) is 10.9 Å². The molecule has 1 unspecified atom stereocenters. The normalized spacial score (nSPS) is 12.6. The van der Waals surface area contributed by atoms with Crippen LogP contribution in [-0.4, -0.2) is 29.5 Å². The van der Waals surface area contributed by atoms with E-state index in [1.807, 2.05) is 36.5 Å². The molecule has 3 amide bonds. The SMILES string of the molecule is CCOC(=O)C(C)(NC(=O)NNC(=O)CCc1c[nH]c2ccccc12)c1ccccc1. The highest BCUT2D eigenvalue weighted by molar-refractivity contribution is 5.89. The minimum atomic E-state index is -1.41. The molecule has 8 nitrogen and oxygen atoms in total. The fourth-order valence-electron chi connectivity index (χ4n) is 3.32. The molecule has 0 aliphatic rings. The first kappa shape index (κ1) is 21.9. The van der Waals surface area contributed by atoms with Crippen molar-refractivity contribution >= 4 is 28.8 Å². The van der Waals surface area contributed by atoms with Crippen LogP contribution in [0.4, 0.5) is 4.79 Å². The van der Waals surface area contributed by atoms with Gasteiger partial charge in [-0.25, -0.2) is 15.0 Å². The zero-order valence-electron chi connectivity index (χ0n) is 17.5. The summed E-state index contributed by atoms with van der Waals surface area (Å²) in [4.78, 5) is 40.3. The highest BCUT2D eigenvalue weighted by Gasteiger charge is 2.38. The Kier molecular flexibility index (Phi) is 6.92. The summed E-state index contributed by atoms with van der Waals surface area (Å²) in [5.41, 5.74) is 5.87. The summed E-state index contributed by atoms with van der Waals surface area (Å²) in [5.74, 6) is -0.944. The number of ether oxygens (including phenoxy) is 1. The Balaban J connectivity index is 1.56. The molecule has 1 aromatic heterocycles. The van der Waals surface area contributed by atoms with Gasteiger partial charge in [0.05, 0.1) is 6.61 Å². The standard InChI is InChI=1S/C23H26N4O4/c1-3-31-21(29)23(2,17-9-5-4-6-10-17)25-22(30)27-26-20(28)14-13-16-15-24-19-12-8-7-11-18(16)19/h4-12,15,24H,3,13-14H2,1-2H3,(H,26,28)(H2,25,27,30). The van der Waals surface area contributed by atoms with Crippen LogP contribution in [-0.2, 0) is 26.3 Å². The first-order valence-electron chi connectivity index (χ1n) is 10.1. The van der Waals surface area contributed by atoms with Gasteiger partial charge in [-0.2, -0.15) is 0 Å². The van der Waals surface area contributed by atoms with Crippen LogP contribution in [0.3, 0.4) is 0 Å². The Labute approximate surface area is 180 Å². The molecule has 0 spiro atoms. The van der Waals surface area contributed by atoms with Crippen LogP contribution >= 0.6 is 0 Å². The van der Waals surface area contributed by atoms with E-state index in [9.17, 15) is 14.4 Å². The third-order valence-electron chi connectivity index (χ3n) is 5.01. The molecule has 0 fully saturated rings. The number of aromatic amines is 1. The molecule has 0 saturated carbocycles. The summed E-state index contributed by atoms with van der Waals surface area (Å²) in [6, 6.07) is 15.9. The van der Waals surface area contributed by atoms with Crippen molar-refractivity contribution in [1.82, 2.24) is 21.2 Å². The van der Waals surface area contributed by atoms with Gasteiger partial charge >= 0.3 is 12.0 Å². The maximum Gasteiger partial charge on any atom is 0.336 e. The van der Waals surface area contributed by atoms with E-state index < -0.39 is 17.5 Å². The second-order valence-electron chi connectivity index (χ2n) is 7.20. The maximum absolute atomic E-state index is 12.5. The average molecular weight is 422 g/mol. The van der Waals surface area contributed by atoms with Crippen LogP contribution in [0, 0.1) is 0 Å². The number of benzene rings is 2. The van der Waals surface area contributed by atoms with Gasteiger partial charge in [0.25, 0.3) is 0 Å². The molecule has 4 N–H and O–H groups in total. The fourth-order valence-corrected chi connectivity index (χ4v) is 3.32. The Bertz CT molecular complexity index is 1060. The molecular weight excluding hydrogens is 396 g/mol. The number of aryl methyl sites for hydroxylation is 1. The Hall–Kier alpha value is -3.81. The number of carbonyl (C=O) groups excluding carboxylic acids is 3. The van der Waals surface area contributed by atoms with Crippen molar-refractivity contribution in [3.8, 4) is 0 Å². The van der Waals surface area contributed by atoms with E-state index in [0.717, 1.165) is 16.5 Å². The first-order chi connectivity index (χ1) is 14.9. The van der Waals surface area contributed by atoms with E-state index in [1.54, 1.807) is 38.1 Å². The molecule has 31 heavy (non-hydrogen) atoms. The molecule has 0 bridgehead atoms. The van der Waals surface area contributed by atoms with Crippen molar-refractivity contribution in [3.05, 3.63) is 71.9 Å². The number of rotatable bonds is 7. The fraction of sp³-hybridized carbons (Fsp3) is 0.261. The lowest BCUT2D eigenvalue weighted by molar-refractivity contribution is -0.150. The monoisotopic (exact) mass is 422 g/mol. The number of aromatic nitrogens is 1. The summed E-state index contributed by atoms with van der Waals surface area (Å²) in [6.07, 6.45) is 2.59. The van der Waals surface area contributed by atoms with Gasteiger partial charge in [-0.05, 0) is 37.5 Å². The van der Waals surface area contributed by atoms with Gasteiger partial charge in [0, 0.05) is 23.5 Å². The number of hydrogen-bond acceptors (Lipinski definition) is 4. The molecular formula is C23H26N4O4. The summed E-state index contributed by atoms with van der Waals surface area (Å²) >= 11 is 0. The van der Waals surface area contributed by atoms with Crippen molar-refractivity contribution in [2.24, 2.45) is 0 Å². The van der Waals surface area contributed by atoms with Gasteiger partial charge in [0.2, 0.25) is 5.91 Å². The number of esters is 1. The van der Waals surface area contributed by atoms with Gasteiger partial charge in [0.15, 0.2) is 5.54 Å². The molecule has 162 valence electrons. The van der Waals surface area contributed by atoms with Gasteiger partial charge < -0.3 is 15.0 Å². The number of carbonyl (C=O) groups is 3. The van der Waals surface area contributed by atoms with Crippen LogP contribution in [0.15, 0.2) is 60.8 Å². The third-order valence-corrected chi connectivity index (χ3v) is 5.01. The topological polar surface area (TPSA) is 112 Å². The second kappa shape index (κ2) is 9.80. The van der Waals surface area contributed by atoms with Gasteiger partial charge in [0.1, 0.15) is 0 Å². The van der Waals surface area contributed by atoms with Crippen molar-refractivity contribution in [2.75, 3.05) is 6.61 Å². The minimum Gasteiger partial charge on any atom is -0.464 e. The number of nitrogens with one attached hydrogen (secondary N) is 4. The van der Waals surface area contributed by atoms with Gasteiger partial charge in [-0.15, -0.1) is 0 Å². The quantitative estimate of drug-likeness (QED) is 0.346. The predicted molar refractivity (Wildman–Crippen MR) is 117 cm³/mol. The van der Waals surface area contributed by atoms with Gasteiger partial charge in [-0.3, -0.25) is 10.2 Å². The number of H-pyrrole nitrogens is 1. The van der Waals surface area contributed by atoms with E-state index in [4.69, 9.17) is 4.74 Å². The number of fused-ring (bicyclic) bond motifs is 1. The van der Waals surface area contributed by atoms with E-state index in [-0.39, 0.29) is 18.9 Å². The first-order valence-corrected chi connectivity index (χ1v) is 10.1. The van der Waals surface area contributed by atoms with Crippen molar-refractivity contribution in [1.29, 1.82) is 0 Å². The summed E-state index contributed by atoms with van der Waals surface area (Å²) < 4.78 is 5.13. The zero-order chi connectivity index (χ0) is 22.3. The average Bonchev–Trinajstić information content (AvgIpc) is 3.20. The molecule has 0 aliphatic heterocycles. The van der Waals surface area contributed by atoms with E-state index in [1.165, 1.54) is 0 Å². The highest BCUT2D eigenvalue weighted by atomic mass is 16.5. The third kappa shape index (κ3) is 5.22. The van der Waals surface area contributed by atoms with Crippen LogP contribution in [0.5, 0.6) is 0 Å². The molecule has 3 aromatic rings. The molecule has 0 radical (unpaired) electrons. The second-order valence-corrected chi connectivity index (χ2v) is 7.20. The largest absolute Gasteiger partial charge is 0.464 e. The lowest BCUT2D eigenvalue weighted by atomic mass is 9.92. The lowest BCUT2D eigenvalue weighted by Gasteiger charge is -2.29. The van der Waals surface area contributed by atoms with E-state index in [2.05, 4.69) is 21.2 Å². The number of hydrazine groups is 1. The Morgan fingerprint density at radius 1 is 1.00 bits per heavy atom. The van der Waals surface area contributed by atoms with E-state index in [0.29, 0.717) is 12.0 Å². The number of amides is 3. The van der Waals surface area contributed by atoms with Crippen LogP contribution < -0.4 is 16.2 Å². The zero-order valence-corrected chi connectivity index (χ0v) is 17.5. The molecule has 1 heterocycles. The van der Waals surface area contributed by atoms with Crippen LogP contribution in [0.1, 0.15) is 31.4 Å². The molecule has 1 atom stereocenters.